The van der Waals surface area contributed by atoms with E-state index in [1.165, 1.54) is 25.3 Å². The molecule has 4 rings (SSSR count). The number of halogens is 1. The van der Waals surface area contributed by atoms with Crippen LogP contribution in [0.2, 0.25) is 5.02 Å². The summed E-state index contributed by atoms with van der Waals surface area (Å²) in [7, 11) is 1.22. The molecule has 8 nitrogen and oxygen atoms in total. The van der Waals surface area contributed by atoms with Gasteiger partial charge in [0.1, 0.15) is 12.3 Å². The molecule has 36 heavy (non-hydrogen) atoms. The Morgan fingerprint density at radius 1 is 1.11 bits per heavy atom. The molecule has 0 atom stereocenters. The average Bonchev–Trinajstić information content (AvgIpc) is 3.13. The summed E-state index contributed by atoms with van der Waals surface area (Å²) in [5.74, 6) is -1.27. The van der Waals surface area contributed by atoms with Crippen LogP contribution in [0.3, 0.4) is 0 Å². The van der Waals surface area contributed by atoms with Crippen molar-refractivity contribution in [2.75, 3.05) is 25.6 Å². The van der Waals surface area contributed by atoms with E-state index in [0.717, 1.165) is 27.4 Å². The maximum absolute atomic E-state index is 13.1. The van der Waals surface area contributed by atoms with Crippen molar-refractivity contribution in [2.45, 2.75) is 6.92 Å². The number of thioether (sulfide) groups is 1. The lowest BCUT2D eigenvalue weighted by molar-refractivity contribution is -0.127. The smallest absolute Gasteiger partial charge is 0.339 e. The first-order valence-electron chi connectivity index (χ1n) is 10.9. The van der Waals surface area contributed by atoms with Gasteiger partial charge in [0.15, 0.2) is 0 Å². The molecule has 0 bridgehead atoms. The minimum atomic E-state index is -0.660. The van der Waals surface area contributed by atoms with Gasteiger partial charge in [0.25, 0.3) is 11.1 Å². The van der Waals surface area contributed by atoms with Gasteiger partial charge in [-0.15, -0.1) is 0 Å². The molecule has 0 unspecified atom stereocenters. The Balaban J connectivity index is 1.55. The number of hydrogen-bond acceptors (Lipinski definition) is 7. The Morgan fingerprint density at radius 2 is 1.89 bits per heavy atom. The van der Waals surface area contributed by atoms with Crippen LogP contribution in [-0.4, -0.2) is 48.2 Å². The minimum Gasteiger partial charge on any atom is -0.493 e. The van der Waals surface area contributed by atoms with E-state index < -0.39 is 29.6 Å². The lowest BCUT2D eigenvalue weighted by atomic mass is 10.0. The second kappa shape index (κ2) is 10.8. The summed E-state index contributed by atoms with van der Waals surface area (Å²) in [6, 6.07) is 15.7. The molecule has 0 radical (unpaired) electrons. The van der Waals surface area contributed by atoms with Gasteiger partial charge in [-0.05, 0) is 59.8 Å². The van der Waals surface area contributed by atoms with Crippen molar-refractivity contribution < 1.29 is 28.7 Å². The predicted molar refractivity (Wildman–Crippen MR) is 139 cm³/mol. The number of hydrogen-bond donors (Lipinski definition) is 1. The monoisotopic (exact) mass is 524 g/mol. The van der Waals surface area contributed by atoms with E-state index in [1.54, 1.807) is 6.08 Å². The van der Waals surface area contributed by atoms with Crippen LogP contribution in [0.5, 0.6) is 5.75 Å². The van der Waals surface area contributed by atoms with E-state index in [1.807, 2.05) is 43.3 Å². The van der Waals surface area contributed by atoms with Crippen LogP contribution in [-0.2, 0) is 14.3 Å². The summed E-state index contributed by atoms with van der Waals surface area (Å²) in [6.07, 6.45) is 1.62. The fourth-order valence-corrected chi connectivity index (χ4v) is 4.70. The normalized spacial score (nSPS) is 14.4. The number of carbonyl (C=O) groups excluding carboxylic acids is 4. The van der Waals surface area contributed by atoms with Crippen LogP contribution in [0.25, 0.3) is 16.8 Å². The molecule has 1 aliphatic heterocycles. The zero-order valence-corrected chi connectivity index (χ0v) is 20.9. The highest BCUT2D eigenvalue weighted by molar-refractivity contribution is 8.18. The maximum Gasteiger partial charge on any atom is 0.339 e. The third-order valence-electron chi connectivity index (χ3n) is 5.34. The second-order valence-corrected chi connectivity index (χ2v) is 9.03. The van der Waals surface area contributed by atoms with Crippen molar-refractivity contribution in [1.82, 2.24) is 4.90 Å². The molecule has 1 aliphatic rings. The topological polar surface area (TPSA) is 102 Å². The number of imide groups is 1. The second-order valence-electron chi connectivity index (χ2n) is 7.63. The molecule has 3 aromatic rings. The Labute approximate surface area is 216 Å². The summed E-state index contributed by atoms with van der Waals surface area (Å²) in [6.45, 7) is 1.80. The van der Waals surface area contributed by atoms with Gasteiger partial charge < -0.3 is 14.8 Å². The number of rotatable bonds is 7. The Hall–Kier alpha value is -3.82. The standard InChI is InChI=1S/C26H21ClN2O6S/c1-3-35-21-11-8-15-6-4-5-7-17(15)18(21)13-22-24(31)29(26(33)36-22)14-23(30)28-16-9-10-20(27)19(12-16)25(32)34-2/h4-13H,3,14H2,1-2H3,(H,28,30)/b22-13+. The van der Waals surface area contributed by atoms with Crippen molar-refractivity contribution in [3.05, 3.63) is 75.7 Å². The number of fused-ring (bicyclic) bond motifs is 1. The number of ether oxygens (including phenoxy) is 2. The first kappa shape index (κ1) is 25.3. The van der Waals surface area contributed by atoms with Gasteiger partial charge in [-0.3, -0.25) is 19.3 Å². The highest BCUT2D eigenvalue weighted by Gasteiger charge is 2.36. The average molecular weight is 525 g/mol. The van der Waals surface area contributed by atoms with Crippen molar-refractivity contribution in [3.8, 4) is 5.75 Å². The van der Waals surface area contributed by atoms with Crippen LogP contribution in [0.15, 0.2) is 59.5 Å². The van der Waals surface area contributed by atoms with Crippen LogP contribution in [0, 0.1) is 0 Å². The third kappa shape index (κ3) is 5.22. The van der Waals surface area contributed by atoms with E-state index >= 15 is 0 Å². The van der Waals surface area contributed by atoms with Crippen LogP contribution in [0.4, 0.5) is 10.5 Å². The Morgan fingerprint density at radius 3 is 2.64 bits per heavy atom. The fraction of sp³-hybridized carbons (Fsp3) is 0.154. The quantitative estimate of drug-likeness (QED) is 0.328. The number of nitrogens with zero attached hydrogens (tertiary/aromatic N) is 1. The summed E-state index contributed by atoms with van der Waals surface area (Å²) in [4.78, 5) is 51.2. The van der Waals surface area contributed by atoms with Gasteiger partial charge in [-0.1, -0.05) is 41.9 Å². The van der Waals surface area contributed by atoms with Crippen molar-refractivity contribution in [3.63, 3.8) is 0 Å². The summed E-state index contributed by atoms with van der Waals surface area (Å²) >= 11 is 6.76. The molecule has 3 aromatic carbocycles. The molecule has 0 aromatic heterocycles. The van der Waals surface area contributed by atoms with Gasteiger partial charge in [0.05, 0.1) is 29.2 Å². The van der Waals surface area contributed by atoms with Gasteiger partial charge in [0, 0.05) is 11.3 Å². The SMILES string of the molecule is CCOc1ccc2ccccc2c1/C=C1/SC(=O)N(CC(=O)Nc2ccc(Cl)c(C(=O)OC)c2)C1=O. The van der Waals surface area contributed by atoms with Gasteiger partial charge in [0.2, 0.25) is 5.91 Å². The molecule has 3 amide bonds. The number of amides is 3. The van der Waals surface area contributed by atoms with Gasteiger partial charge >= 0.3 is 5.97 Å². The molecule has 0 saturated carbocycles. The van der Waals surface area contributed by atoms with E-state index in [2.05, 4.69) is 10.1 Å². The molecule has 10 heteroatoms. The zero-order chi connectivity index (χ0) is 25.8. The summed E-state index contributed by atoms with van der Waals surface area (Å²) in [5.41, 5.74) is 1.03. The molecule has 0 aliphatic carbocycles. The van der Waals surface area contributed by atoms with Crippen molar-refractivity contribution >= 4 is 68.9 Å². The highest BCUT2D eigenvalue weighted by Crippen LogP contribution is 2.36. The summed E-state index contributed by atoms with van der Waals surface area (Å²) < 4.78 is 10.4. The molecule has 1 fully saturated rings. The fourth-order valence-electron chi connectivity index (χ4n) is 3.69. The zero-order valence-electron chi connectivity index (χ0n) is 19.4. The molecule has 1 N–H and O–H groups in total. The first-order valence-corrected chi connectivity index (χ1v) is 12.1. The first-order chi connectivity index (χ1) is 17.3. The number of carbonyl (C=O) groups is 4. The van der Waals surface area contributed by atoms with Crippen molar-refractivity contribution in [2.24, 2.45) is 0 Å². The number of anilines is 1. The van der Waals surface area contributed by atoms with E-state index in [-0.39, 0.29) is 21.2 Å². The van der Waals surface area contributed by atoms with E-state index in [0.29, 0.717) is 17.9 Å². The minimum absolute atomic E-state index is 0.0752. The van der Waals surface area contributed by atoms with E-state index in [4.69, 9.17) is 16.3 Å². The molecule has 1 saturated heterocycles. The Kier molecular flexibility index (Phi) is 7.61. The highest BCUT2D eigenvalue weighted by atomic mass is 35.5. The lowest BCUT2D eigenvalue weighted by Crippen LogP contribution is -2.36. The summed E-state index contributed by atoms with van der Waals surface area (Å²) in [5, 5.41) is 4.00. The lowest BCUT2D eigenvalue weighted by Gasteiger charge is -2.13. The number of nitrogens with one attached hydrogen (secondary N) is 1. The molecular weight excluding hydrogens is 504 g/mol. The number of methoxy groups -OCH3 is 1. The molecule has 0 spiro atoms. The molecular formula is C26H21ClN2O6S. The maximum atomic E-state index is 13.1. The van der Waals surface area contributed by atoms with Crippen molar-refractivity contribution in [1.29, 1.82) is 0 Å². The number of benzene rings is 3. The van der Waals surface area contributed by atoms with Gasteiger partial charge in [-0.2, -0.15) is 0 Å². The molecule has 184 valence electrons. The third-order valence-corrected chi connectivity index (χ3v) is 6.57. The largest absolute Gasteiger partial charge is 0.493 e. The van der Waals surface area contributed by atoms with Crippen LogP contribution in [0.1, 0.15) is 22.8 Å². The number of esters is 1. The van der Waals surface area contributed by atoms with Gasteiger partial charge in [-0.25, -0.2) is 4.79 Å². The molecule has 1 heterocycles. The van der Waals surface area contributed by atoms with Crippen LogP contribution < -0.4 is 10.1 Å². The van der Waals surface area contributed by atoms with E-state index in [9.17, 15) is 19.2 Å². The predicted octanol–water partition coefficient (Wildman–Crippen LogP) is 5.35. The Bertz CT molecular complexity index is 1420. The van der Waals surface area contributed by atoms with Crippen LogP contribution >= 0.6 is 23.4 Å².